The zero-order valence-electron chi connectivity index (χ0n) is 16.7. The molecule has 33 heavy (non-hydrogen) atoms. The number of ether oxygens (including phenoxy) is 1. The molecule has 1 aliphatic rings. The highest BCUT2D eigenvalue weighted by Gasteiger charge is 2.36. The van der Waals surface area contributed by atoms with Crippen LogP contribution in [0.4, 0.5) is 16.2 Å². The summed E-state index contributed by atoms with van der Waals surface area (Å²) in [6, 6.07) is 17.9. The minimum atomic E-state index is -0.468. The SMILES string of the molecule is O=C1S/C(=C/c2cc(Br)ccc2OCc2cccc([N+](=O)[O-])c2)C(=O)N1c1cccc(Cl)c1. The van der Waals surface area contributed by atoms with Gasteiger partial charge in [-0.2, -0.15) is 0 Å². The van der Waals surface area contributed by atoms with Crippen molar-refractivity contribution >= 4 is 67.9 Å². The number of rotatable bonds is 6. The molecule has 0 aromatic heterocycles. The van der Waals surface area contributed by atoms with Crippen LogP contribution in [0.2, 0.25) is 5.02 Å². The molecular formula is C23H14BrClN2O5S. The van der Waals surface area contributed by atoms with Gasteiger partial charge in [0.15, 0.2) is 0 Å². The average Bonchev–Trinajstić information content (AvgIpc) is 3.06. The number of nitro benzene ring substituents is 1. The second-order valence-corrected chi connectivity index (χ2v) is 9.24. The van der Waals surface area contributed by atoms with Crippen molar-refractivity contribution in [1.82, 2.24) is 0 Å². The van der Waals surface area contributed by atoms with Gasteiger partial charge in [0.05, 0.1) is 15.5 Å². The molecule has 0 spiro atoms. The van der Waals surface area contributed by atoms with E-state index in [1.54, 1.807) is 60.7 Å². The second-order valence-electron chi connectivity index (χ2n) is 6.89. The maximum absolute atomic E-state index is 13.0. The van der Waals surface area contributed by atoms with Crippen LogP contribution in [0.5, 0.6) is 5.75 Å². The van der Waals surface area contributed by atoms with Gasteiger partial charge in [-0.15, -0.1) is 0 Å². The van der Waals surface area contributed by atoms with Crippen LogP contribution in [-0.4, -0.2) is 16.1 Å². The summed E-state index contributed by atoms with van der Waals surface area (Å²) in [6.07, 6.45) is 1.59. The van der Waals surface area contributed by atoms with Gasteiger partial charge in [-0.05, 0) is 59.8 Å². The molecule has 0 radical (unpaired) electrons. The van der Waals surface area contributed by atoms with E-state index in [2.05, 4.69) is 15.9 Å². The minimum Gasteiger partial charge on any atom is -0.488 e. The molecule has 0 atom stereocenters. The maximum atomic E-state index is 13.0. The van der Waals surface area contributed by atoms with Crippen molar-refractivity contribution in [3.05, 3.63) is 102 Å². The first-order valence-corrected chi connectivity index (χ1v) is 11.5. The van der Waals surface area contributed by atoms with E-state index in [9.17, 15) is 19.7 Å². The standard InChI is InChI=1S/C23H14BrClN2O5S/c24-16-7-8-20(32-13-14-3-1-6-19(9-14)27(30)31)15(10-16)11-21-22(28)26(23(29)33-21)18-5-2-4-17(25)12-18/h1-12H,13H2/b21-11+. The Hall–Kier alpha value is -3.14. The summed E-state index contributed by atoms with van der Waals surface area (Å²) in [7, 11) is 0. The summed E-state index contributed by atoms with van der Waals surface area (Å²) >= 11 is 10.2. The van der Waals surface area contributed by atoms with E-state index in [1.165, 1.54) is 12.1 Å². The van der Waals surface area contributed by atoms with Gasteiger partial charge < -0.3 is 4.74 Å². The topological polar surface area (TPSA) is 89.7 Å². The van der Waals surface area contributed by atoms with Gasteiger partial charge in [-0.1, -0.05) is 45.7 Å². The molecule has 3 aromatic rings. The third-order valence-corrected chi connectivity index (χ3v) is 6.23. The molecule has 3 aromatic carbocycles. The number of amides is 2. The van der Waals surface area contributed by atoms with Crippen molar-refractivity contribution in [2.24, 2.45) is 0 Å². The van der Waals surface area contributed by atoms with Crippen molar-refractivity contribution in [2.45, 2.75) is 6.61 Å². The second kappa shape index (κ2) is 9.78. The summed E-state index contributed by atoms with van der Waals surface area (Å²) in [5, 5.41) is 11.0. The number of nitrogens with zero attached hydrogens (tertiary/aromatic N) is 2. The molecule has 0 N–H and O–H groups in total. The van der Waals surface area contributed by atoms with Crippen molar-refractivity contribution in [3.63, 3.8) is 0 Å². The smallest absolute Gasteiger partial charge is 0.298 e. The van der Waals surface area contributed by atoms with Gasteiger partial charge in [-0.25, -0.2) is 4.90 Å². The lowest BCUT2D eigenvalue weighted by molar-refractivity contribution is -0.384. The molecule has 0 aliphatic carbocycles. The van der Waals surface area contributed by atoms with Crippen LogP contribution in [-0.2, 0) is 11.4 Å². The van der Waals surface area contributed by atoms with Crippen LogP contribution in [0.1, 0.15) is 11.1 Å². The Balaban J connectivity index is 1.60. The Bertz CT molecular complexity index is 1310. The molecule has 166 valence electrons. The van der Waals surface area contributed by atoms with Crippen molar-refractivity contribution in [3.8, 4) is 5.75 Å². The van der Waals surface area contributed by atoms with Crippen LogP contribution >= 0.6 is 39.3 Å². The normalized spacial score (nSPS) is 14.7. The van der Waals surface area contributed by atoms with Crippen LogP contribution < -0.4 is 9.64 Å². The minimum absolute atomic E-state index is 0.0261. The third-order valence-electron chi connectivity index (χ3n) is 4.63. The number of halogens is 2. The Morgan fingerprint density at radius 1 is 1.09 bits per heavy atom. The predicted octanol–water partition coefficient (Wildman–Crippen LogP) is 6.83. The van der Waals surface area contributed by atoms with Crippen molar-refractivity contribution < 1.29 is 19.2 Å². The lowest BCUT2D eigenvalue weighted by atomic mass is 10.1. The quantitative estimate of drug-likeness (QED) is 0.192. The van der Waals surface area contributed by atoms with Crippen LogP contribution in [0.15, 0.2) is 76.1 Å². The van der Waals surface area contributed by atoms with E-state index in [-0.39, 0.29) is 17.2 Å². The summed E-state index contributed by atoms with van der Waals surface area (Å²) in [4.78, 5) is 37.3. The zero-order valence-corrected chi connectivity index (χ0v) is 19.9. The first kappa shape index (κ1) is 23.0. The Labute approximate surface area is 206 Å². The van der Waals surface area contributed by atoms with Crippen LogP contribution in [0.25, 0.3) is 6.08 Å². The number of hydrogen-bond donors (Lipinski definition) is 0. The lowest BCUT2D eigenvalue weighted by Crippen LogP contribution is -2.27. The maximum Gasteiger partial charge on any atom is 0.298 e. The molecule has 10 heteroatoms. The average molecular weight is 546 g/mol. The zero-order chi connectivity index (χ0) is 23.5. The molecule has 1 heterocycles. The molecule has 2 amide bonds. The molecule has 1 fully saturated rings. The predicted molar refractivity (Wildman–Crippen MR) is 131 cm³/mol. The molecule has 0 saturated carbocycles. The Morgan fingerprint density at radius 2 is 1.88 bits per heavy atom. The van der Waals surface area contributed by atoms with E-state index in [4.69, 9.17) is 16.3 Å². The van der Waals surface area contributed by atoms with Crippen molar-refractivity contribution in [2.75, 3.05) is 4.90 Å². The molecular weight excluding hydrogens is 532 g/mol. The van der Waals surface area contributed by atoms with Gasteiger partial charge >= 0.3 is 0 Å². The first-order chi connectivity index (χ1) is 15.8. The number of imide groups is 1. The summed E-state index contributed by atoms with van der Waals surface area (Å²) < 4.78 is 6.64. The highest BCUT2D eigenvalue weighted by atomic mass is 79.9. The van der Waals surface area contributed by atoms with Gasteiger partial charge in [-0.3, -0.25) is 19.7 Å². The lowest BCUT2D eigenvalue weighted by Gasteiger charge is -2.12. The number of nitro groups is 1. The van der Waals surface area contributed by atoms with E-state index in [1.807, 2.05) is 0 Å². The fraction of sp³-hybridized carbons (Fsp3) is 0.0435. The van der Waals surface area contributed by atoms with Gasteiger partial charge in [0.1, 0.15) is 12.4 Å². The third kappa shape index (κ3) is 5.27. The number of benzene rings is 3. The molecule has 1 saturated heterocycles. The number of hydrogen-bond acceptors (Lipinski definition) is 6. The number of carbonyl (C=O) groups is 2. The monoisotopic (exact) mass is 544 g/mol. The number of thioether (sulfide) groups is 1. The Morgan fingerprint density at radius 3 is 2.64 bits per heavy atom. The van der Waals surface area contributed by atoms with Crippen LogP contribution in [0, 0.1) is 10.1 Å². The van der Waals surface area contributed by atoms with E-state index in [0.717, 1.165) is 21.1 Å². The summed E-state index contributed by atoms with van der Waals surface area (Å²) in [5.74, 6) is -0.00358. The highest BCUT2D eigenvalue weighted by Crippen LogP contribution is 2.38. The molecule has 4 rings (SSSR count). The highest BCUT2D eigenvalue weighted by molar-refractivity contribution is 9.10. The summed E-state index contributed by atoms with van der Waals surface area (Å²) in [6.45, 7) is 0.0914. The van der Waals surface area contributed by atoms with Gasteiger partial charge in [0, 0.05) is 27.2 Å². The Kier molecular flexibility index (Phi) is 6.83. The molecule has 1 aliphatic heterocycles. The van der Waals surface area contributed by atoms with Gasteiger partial charge in [0.2, 0.25) is 0 Å². The molecule has 0 unspecified atom stereocenters. The first-order valence-electron chi connectivity index (χ1n) is 9.51. The van der Waals surface area contributed by atoms with E-state index < -0.39 is 16.1 Å². The van der Waals surface area contributed by atoms with Gasteiger partial charge in [0.25, 0.3) is 16.8 Å². The fourth-order valence-electron chi connectivity index (χ4n) is 3.13. The molecule has 7 nitrogen and oxygen atoms in total. The van der Waals surface area contributed by atoms with E-state index >= 15 is 0 Å². The fourth-order valence-corrected chi connectivity index (χ4v) is 4.53. The van der Waals surface area contributed by atoms with Crippen LogP contribution in [0.3, 0.4) is 0 Å². The molecule has 0 bridgehead atoms. The number of non-ortho nitro benzene ring substituents is 1. The van der Waals surface area contributed by atoms with E-state index in [0.29, 0.717) is 27.6 Å². The number of anilines is 1. The largest absolute Gasteiger partial charge is 0.488 e. The van der Waals surface area contributed by atoms with Crippen molar-refractivity contribution in [1.29, 1.82) is 0 Å². The number of carbonyl (C=O) groups excluding carboxylic acids is 2. The summed E-state index contributed by atoms with van der Waals surface area (Å²) in [5.41, 5.74) is 1.57.